The molecule has 168 valence electrons. The van der Waals surface area contributed by atoms with E-state index in [2.05, 4.69) is 22.1 Å². The normalized spacial score (nSPS) is 11.4. The lowest BCUT2D eigenvalue weighted by atomic mass is 10.1. The number of hydrogen-bond donors (Lipinski definition) is 1. The lowest BCUT2D eigenvalue weighted by Crippen LogP contribution is -2.28. The lowest BCUT2D eigenvalue weighted by Gasteiger charge is -2.13. The first-order valence-corrected chi connectivity index (χ1v) is 10.6. The van der Waals surface area contributed by atoms with Crippen LogP contribution in [0, 0.1) is 5.82 Å². The summed E-state index contributed by atoms with van der Waals surface area (Å²) in [6.07, 6.45) is -4.47. The van der Waals surface area contributed by atoms with Crippen molar-refractivity contribution in [3.8, 4) is 5.69 Å². The van der Waals surface area contributed by atoms with Crippen LogP contribution in [-0.4, -0.2) is 33.0 Å². The van der Waals surface area contributed by atoms with Crippen molar-refractivity contribution >= 4 is 29.3 Å². The van der Waals surface area contributed by atoms with Crippen molar-refractivity contribution in [2.45, 2.75) is 17.8 Å². The molecule has 0 aliphatic carbocycles. The van der Waals surface area contributed by atoms with E-state index in [9.17, 15) is 22.4 Å². The van der Waals surface area contributed by atoms with Crippen LogP contribution in [0.3, 0.4) is 0 Å². The van der Waals surface area contributed by atoms with E-state index in [1.165, 1.54) is 36.0 Å². The van der Waals surface area contributed by atoms with Crippen LogP contribution in [0.4, 0.5) is 17.6 Å². The Bertz CT molecular complexity index is 1120. The summed E-state index contributed by atoms with van der Waals surface area (Å²) in [7, 11) is 0. The molecule has 0 saturated heterocycles. The number of aromatic nitrogens is 3. The molecule has 0 saturated carbocycles. The molecule has 32 heavy (non-hydrogen) atoms. The van der Waals surface area contributed by atoms with Gasteiger partial charge in [0.1, 0.15) is 11.6 Å². The quantitative estimate of drug-likeness (QED) is 0.351. The van der Waals surface area contributed by atoms with E-state index in [0.29, 0.717) is 27.5 Å². The Morgan fingerprint density at radius 3 is 2.47 bits per heavy atom. The molecule has 0 bridgehead atoms. The molecule has 0 radical (unpaired) electrons. The molecule has 0 fully saturated rings. The van der Waals surface area contributed by atoms with Crippen molar-refractivity contribution in [1.29, 1.82) is 0 Å². The minimum atomic E-state index is -4.64. The van der Waals surface area contributed by atoms with Crippen molar-refractivity contribution in [2.24, 2.45) is 0 Å². The minimum Gasteiger partial charge on any atom is -0.352 e. The fraction of sp³-hybridized carbons (Fsp3) is 0.190. The summed E-state index contributed by atoms with van der Waals surface area (Å²) in [5.74, 6) is -0.462. The van der Waals surface area contributed by atoms with E-state index in [0.717, 1.165) is 12.1 Å². The number of nitrogens with zero attached hydrogens (tertiary/aromatic N) is 3. The maximum Gasteiger partial charge on any atom is 0.417 e. The second-order valence-corrected chi connectivity index (χ2v) is 8.04. The predicted molar refractivity (Wildman–Crippen MR) is 115 cm³/mol. The smallest absolute Gasteiger partial charge is 0.352 e. The van der Waals surface area contributed by atoms with E-state index >= 15 is 0 Å². The van der Waals surface area contributed by atoms with Gasteiger partial charge in [0.25, 0.3) is 5.91 Å². The summed E-state index contributed by atoms with van der Waals surface area (Å²) < 4.78 is 54.5. The average Bonchev–Trinajstić information content (AvgIpc) is 3.15. The van der Waals surface area contributed by atoms with Crippen LogP contribution >= 0.6 is 23.4 Å². The van der Waals surface area contributed by atoms with Crippen molar-refractivity contribution in [2.75, 3.05) is 12.3 Å². The van der Waals surface area contributed by atoms with E-state index in [1.54, 1.807) is 16.7 Å². The standard InChI is InChI=1S/C21H17ClF4N4OS/c1-13(22)12-32-20-29-28-18(30(20)15-8-6-14(23)7-9-15)10-11-27-19(31)16-4-2-3-5-17(16)21(24,25)26/h2-9H,1,10-12H2,(H,27,31). The van der Waals surface area contributed by atoms with Gasteiger partial charge in [-0.15, -0.1) is 10.2 Å². The zero-order valence-electron chi connectivity index (χ0n) is 16.5. The number of carbonyl (C=O) groups is 1. The average molecular weight is 485 g/mol. The molecule has 1 heterocycles. The zero-order chi connectivity index (χ0) is 23.3. The number of thioether (sulfide) groups is 1. The fourth-order valence-electron chi connectivity index (χ4n) is 2.86. The van der Waals surface area contributed by atoms with Gasteiger partial charge in [0.2, 0.25) is 0 Å². The van der Waals surface area contributed by atoms with Gasteiger partial charge in [-0.2, -0.15) is 13.2 Å². The Labute approximate surface area is 190 Å². The Kier molecular flexibility index (Phi) is 7.57. The van der Waals surface area contributed by atoms with Gasteiger partial charge in [-0.1, -0.05) is 42.1 Å². The molecule has 0 atom stereocenters. The van der Waals surface area contributed by atoms with Gasteiger partial charge in [-0.25, -0.2) is 4.39 Å². The molecular weight excluding hydrogens is 468 g/mol. The number of hydrogen-bond acceptors (Lipinski definition) is 4. The number of alkyl halides is 3. The second kappa shape index (κ2) is 10.2. The van der Waals surface area contributed by atoms with Gasteiger partial charge < -0.3 is 5.32 Å². The van der Waals surface area contributed by atoms with E-state index in [-0.39, 0.29) is 13.0 Å². The van der Waals surface area contributed by atoms with Gasteiger partial charge >= 0.3 is 6.18 Å². The Balaban J connectivity index is 1.77. The number of benzene rings is 2. The molecule has 1 N–H and O–H groups in total. The van der Waals surface area contributed by atoms with Gasteiger partial charge in [0.05, 0.1) is 11.1 Å². The summed E-state index contributed by atoms with van der Waals surface area (Å²) in [5.41, 5.74) is -0.883. The third-order valence-electron chi connectivity index (χ3n) is 4.25. The number of rotatable bonds is 8. The molecule has 1 amide bonds. The van der Waals surface area contributed by atoms with Crippen LogP contribution in [0.5, 0.6) is 0 Å². The predicted octanol–water partition coefficient (Wildman–Crippen LogP) is 5.24. The summed E-state index contributed by atoms with van der Waals surface area (Å²) in [6.45, 7) is 3.63. The number of nitrogens with one attached hydrogen (secondary N) is 1. The van der Waals surface area contributed by atoms with Crippen LogP contribution in [0.15, 0.2) is 65.3 Å². The van der Waals surface area contributed by atoms with Crippen molar-refractivity contribution < 1.29 is 22.4 Å². The van der Waals surface area contributed by atoms with Gasteiger partial charge in [0, 0.05) is 29.4 Å². The van der Waals surface area contributed by atoms with E-state index in [1.807, 2.05) is 0 Å². The highest BCUT2D eigenvalue weighted by Gasteiger charge is 2.34. The highest BCUT2D eigenvalue weighted by molar-refractivity contribution is 7.99. The number of halogens is 5. The first-order chi connectivity index (χ1) is 15.2. The molecule has 3 rings (SSSR count). The van der Waals surface area contributed by atoms with Crippen LogP contribution < -0.4 is 5.32 Å². The third kappa shape index (κ3) is 5.89. The molecule has 1 aromatic heterocycles. The SMILES string of the molecule is C=C(Cl)CSc1nnc(CCNC(=O)c2ccccc2C(F)(F)F)n1-c1ccc(F)cc1. The maximum atomic E-state index is 13.4. The summed E-state index contributed by atoms with van der Waals surface area (Å²) in [4.78, 5) is 12.4. The molecule has 0 unspecified atom stereocenters. The molecular formula is C21H17ClF4N4OS. The molecule has 3 aromatic rings. The number of carbonyl (C=O) groups excluding carboxylic acids is 1. The van der Waals surface area contributed by atoms with E-state index < -0.39 is 29.0 Å². The van der Waals surface area contributed by atoms with Crippen molar-refractivity contribution in [3.05, 3.63) is 82.9 Å². The Hall–Kier alpha value is -2.85. The first kappa shape index (κ1) is 23.8. The summed E-state index contributed by atoms with van der Waals surface area (Å²) in [5, 5.41) is 11.6. The molecule has 11 heteroatoms. The molecule has 0 aliphatic rings. The molecule has 0 spiro atoms. The monoisotopic (exact) mass is 484 g/mol. The minimum absolute atomic E-state index is 0.0111. The molecule has 5 nitrogen and oxygen atoms in total. The Morgan fingerprint density at radius 1 is 1.12 bits per heavy atom. The van der Waals surface area contributed by atoms with Crippen molar-refractivity contribution in [3.63, 3.8) is 0 Å². The number of amides is 1. The van der Waals surface area contributed by atoms with Crippen molar-refractivity contribution in [1.82, 2.24) is 20.1 Å². The fourth-order valence-corrected chi connectivity index (χ4v) is 3.75. The highest BCUT2D eigenvalue weighted by Crippen LogP contribution is 2.31. The first-order valence-electron chi connectivity index (χ1n) is 9.27. The summed E-state index contributed by atoms with van der Waals surface area (Å²) in [6, 6.07) is 10.2. The third-order valence-corrected chi connectivity index (χ3v) is 5.56. The van der Waals surface area contributed by atoms with Crippen LogP contribution in [0.1, 0.15) is 21.7 Å². The van der Waals surface area contributed by atoms with Gasteiger partial charge in [-0.3, -0.25) is 9.36 Å². The summed E-state index contributed by atoms with van der Waals surface area (Å²) >= 11 is 7.09. The van der Waals surface area contributed by atoms with Crippen LogP contribution in [0.2, 0.25) is 0 Å². The lowest BCUT2D eigenvalue weighted by molar-refractivity contribution is -0.137. The topological polar surface area (TPSA) is 59.8 Å². The second-order valence-electron chi connectivity index (χ2n) is 6.57. The zero-order valence-corrected chi connectivity index (χ0v) is 18.1. The Morgan fingerprint density at radius 2 is 1.81 bits per heavy atom. The molecule has 0 aliphatic heterocycles. The molecule has 2 aromatic carbocycles. The van der Waals surface area contributed by atoms with Crippen LogP contribution in [-0.2, 0) is 12.6 Å². The largest absolute Gasteiger partial charge is 0.417 e. The van der Waals surface area contributed by atoms with Gasteiger partial charge in [0.15, 0.2) is 5.16 Å². The van der Waals surface area contributed by atoms with E-state index in [4.69, 9.17) is 11.6 Å². The van der Waals surface area contributed by atoms with Crippen LogP contribution in [0.25, 0.3) is 5.69 Å². The van der Waals surface area contributed by atoms with Gasteiger partial charge in [-0.05, 0) is 36.4 Å². The maximum absolute atomic E-state index is 13.4. The highest BCUT2D eigenvalue weighted by atomic mass is 35.5.